The Hall–Kier alpha value is -3.30. The van der Waals surface area contributed by atoms with Gasteiger partial charge in [0.25, 0.3) is 0 Å². The molecule has 2 heterocycles. The number of amides is 4. The number of aliphatic hydroxyl groups excluding tert-OH is 1. The van der Waals surface area contributed by atoms with Gasteiger partial charge in [0.1, 0.15) is 18.1 Å². The van der Waals surface area contributed by atoms with Gasteiger partial charge in [-0.1, -0.05) is 6.42 Å². The van der Waals surface area contributed by atoms with Crippen molar-refractivity contribution in [2.24, 2.45) is 11.5 Å². The number of carbonyl (C=O) groups excluding carboxylic acids is 4. The average molecular weight is 529 g/mol. The Morgan fingerprint density at radius 3 is 2.35 bits per heavy atom. The lowest BCUT2D eigenvalue weighted by atomic mass is 10.1. The van der Waals surface area contributed by atoms with Gasteiger partial charge in [-0.2, -0.15) is 0 Å². The first kappa shape index (κ1) is 29.9. The van der Waals surface area contributed by atoms with Crippen molar-refractivity contribution in [2.45, 2.75) is 75.2 Å². The number of likely N-dealkylation sites (tertiary alicyclic amines) is 2. The molecule has 0 spiro atoms. The molecule has 208 valence electrons. The summed E-state index contributed by atoms with van der Waals surface area (Å²) in [5.74, 6) is -5.51. The van der Waals surface area contributed by atoms with Gasteiger partial charge >= 0.3 is 11.9 Å². The number of rotatable bonds is 13. The third-order valence-electron chi connectivity index (χ3n) is 6.44. The first-order valence-electron chi connectivity index (χ1n) is 12.2. The van der Waals surface area contributed by atoms with Crippen LogP contribution in [0.5, 0.6) is 0 Å². The summed E-state index contributed by atoms with van der Waals surface area (Å²) < 4.78 is 0. The van der Waals surface area contributed by atoms with Crippen molar-refractivity contribution >= 4 is 35.6 Å². The molecule has 0 unspecified atom stereocenters. The summed E-state index contributed by atoms with van der Waals surface area (Å²) in [6.45, 7) is 0.159. The highest BCUT2D eigenvalue weighted by molar-refractivity contribution is 5.95. The molecule has 4 amide bonds. The highest BCUT2D eigenvalue weighted by Crippen LogP contribution is 2.25. The molecule has 2 fully saturated rings. The molecule has 0 aliphatic carbocycles. The Labute approximate surface area is 213 Å². The predicted octanol–water partition coefficient (Wildman–Crippen LogP) is -3.44. The van der Waals surface area contributed by atoms with Crippen molar-refractivity contribution < 1.29 is 44.1 Å². The van der Waals surface area contributed by atoms with E-state index in [1.54, 1.807) is 0 Å². The average Bonchev–Trinajstić information content (AvgIpc) is 3.48. The lowest BCUT2D eigenvalue weighted by molar-refractivity contribution is -0.149. The van der Waals surface area contributed by atoms with E-state index in [9.17, 15) is 39.0 Å². The fourth-order valence-electron chi connectivity index (χ4n) is 4.50. The van der Waals surface area contributed by atoms with Crippen LogP contribution >= 0.6 is 0 Å². The number of β-amino-alcohol motifs (C(OH)–C–C–N with tert-alkyl or cyclic N) is 1. The van der Waals surface area contributed by atoms with Crippen molar-refractivity contribution in [3.8, 4) is 0 Å². The summed E-state index contributed by atoms with van der Waals surface area (Å²) in [7, 11) is 0. The minimum Gasteiger partial charge on any atom is -0.481 e. The van der Waals surface area contributed by atoms with Crippen LogP contribution in [0.2, 0.25) is 0 Å². The summed E-state index contributed by atoms with van der Waals surface area (Å²) >= 11 is 0. The van der Waals surface area contributed by atoms with Gasteiger partial charge in [0, 0.05) is 19.5 Å². The smallest absolute Gasteiger partial charge is 0.326 e. The van der Waals surface area contributed by atoms with Gasteiger partial charge in [0.15, 0.2) is 0 Å². The van der Waals surface area contributed by atoms with E-state index in [1.165, 1.54) is 4.90 Å². The van der Waals surface area contributed by atoms with Gasteiger partial charge in [-0.05, 0) is 32.2 Å². The second-order valence-corrected chi connectivity index (χ2v) is 9.25. The van der Waals surface area contributed by atoms with E-state index < -0.39 is 72.3 Å². The Kier molecular flexibility index (Phi) is 11.2. The topological polar surface area (TPSA) is 246 Å². The van der Waals surface area contributed by atoms with E-state index in [1.807, 2.05) is 0 Å². The number of carboxylic acids is 2. The third kappa shape index (κ3) is 8.36. The summed E-state index contributed by atoms with van der Waals surface area (Å²) in [6, 6.07) is -4.68. The van der Waals surface area contributed by atoms with Crippen LogP contribution in [0.15, 0.2) is 0 Å². The number of aliphatic hydroxyl groups is 1. The summed E-state index contributed by atoms with van der Waals surface area (Å²) in [5.41, 5.74) is 11.2. The van der Waals surface area contributed by atoms with Crippen LogP contribution in [0.25, 0.3) is 0 Å². The molecular weight excluding hydrogens is 492 g/mol. The van der Waals surface area contributed by atoms with Gasteiger partial charge in [-0.15, -0.1) is 0 Å². The van der Waals surface area contributed by atoms with E-state index >= 15 is 0 Å². The zero-order chi connectivity index (χ0) is 27.7. The molecule has 2 saturated heterocycles. The summed E-state index contributed by atoms with van der Waals surface area (Å²) in [5, 5.41) is 32.8. The number of unbranched alkanes of at least 4 members (excludes halogenated alkanes) is 1. The molecule has 15 heteroatoms. The first-order valence-corrected chi connectivity index (χ1v) is 12.2. The predicted molar refractivity (Wildman–Crippen MR) is 127 cm³/mol. The molecule has 0 aromatic heterocycles. The highest BCUT2D eigenvalue weighted by Gasteiger charge is 2.45. The van der Waals surface area contributed by atoms with Crippen molar-refractivity contribution in [1.29, 1.82) is 0 Å². The number of nitrogens with zero attached hydrogens (tertiary/aromatic N) is 2. The molecule has 37 heavy (non-hydrogen) atoms. The molecule has 0 aromatic rings. The van der Waals surface area contributed by atoms with Crippen LogP contribution < -0.4 is 22.1 Å². The zero-order valence-corrected chi connectivity index (χ0v) is 20.5. The van der Waals surface area contributed by atoms with Crippen LogP contribution in [0.3, 0.4) is 0 Å². The van der Waals surface area contributed by atoms with Gasteiger partial charge in [-0.25, -0.2) is 4.79 Å². The van der Waals surface area contributed by atoms with Crippen LogP contribution in [0.1, 0.15) is 44.9 Å². The number of aliphatic carboxylic acids is 2. The van der Waals surface area contributed by atoms with Crippen LogP contribution in [-0.4, -0.2) is 117 Å². The van der Waals surface area contributed by atoms with Crippen molar-refractivity contribution in [1.82, 2.24) is 20.4 Å². The van der Waals surface area contributed by atoms with Gasteiger partial charge in [-0.3, -0.25) is 24.0 Å². The van der Waals surface area contributed by atoms with Crippen LogP contribution in [0, 0.1) is 0 Å². The molecule has 9 N–H and O–H groups in total. The molecule has 2 aliphatic rings. The molecule has 0 bridgehead atoms. The van der Waals surface area contributed by atoms with Crippen molar-refractivity contribution in [3.63, 3.8) is 0 Å². The molecule has 0 radical (unpaired) electrons. The van der Waals surface area contributed by atoms with E-state index in [0.717, 1.165) is 11.3 Å². The lowest BCUT2D eigenvalue weighted by Gasteiger charge is -2.31. The van der Waals surface area contributed by atoms with E-state index in [-0.39, 0.29) is 26.1 Å². The van der Waals surface area contributed by atoms with Crippen LogP contribution in [-0.2, 0) is 28.8 Å². The van der Waals surface area contributed by atoms with Crippen molar-refractivity contribution in [3.05, 3.63) is 0 Å². The first-order chi connectivity index (χ1) is 17.5. The molecule has 2 aliphatic heterocycles. The van der Waals surface area contributed by atoms with Crippen molar-refractivity contribution in [2.75, 3.05) is 26.2 Å². The molecule has 2 rings (SSSR count). The van der Waals surface area contributed by atoms with Gasteiger partial charge in [0.05, 0.1) is 25.1 Å². The summed E-state index contributed by atoms with van der Waals surface area (Å²) in [6.07, 6.45) is 0.509. The highest BCUT2D eigenvalue weighted by atomic mass is 16.4. The quantitative estimate of drug-likeness (QED) is 0.116. The second-order valence-electron chi connectivity index (χ2n) is 9.25. The van der Waals surface area contributed by atoms with E-state index in [2.05, 4.69) is 10.6 Å². The van der Waals surface area contributed by atoms with Gasteiger partial charge < -0.3 is 47.2 Å². The maximum Gasteiger partial charge on any atom is 0.326 e. The number of carbonyl (C=O) groups is 6. The SMILES string of the molecule is NCCCC[C@H](N)C(=O)NCC(=O)N1CCC[C@H]1C(=O)N1C[C@H](O)C[C@H]1C(=O)N[C@@H](CC(=O)O)C(=O)O. The van der Waals surface area contributed by atoms with E-state index in [4.69, 9.17) is 16.6 Å². The molecule has 0 saturated carbocycles. The minimum absolute atomic E-state index is 0.171. The molecule has 5 atom stereocenters. The number of carboxylic acid groups (broad SMARTS) is 2. The fourth-order valence-corrected chi connectivity index (χ4v) is 4.50. The standard InChI is InChI=1S/C22H36N6O9/c23-6-2-1-4-13(24)19(33)25-10-17(30)27-7-3-5-15(27)21(35)28-11-12(29)8-16(28)20(34)26-14(22(36)37)9-18(31)32/h12-16,29H,1-11,23-24H2,(H,25,33)(H,26,34)(H,31,32)(H,36,37)/t12-,13+,14+,15+,16+/m1/s1. The third-order valence-corrected chi connectivity index (χ3v) is 6.44. The maximum absolute atomic E-state index is 13.3. The molecule has 0 aromatic carbocycles. The monoisotopic (exact) mass is 528 g/mol. The zero-order valence-electron chi connectivity index (χ0n) is 20.5. The number of nitrogens with one attached hydrogen (secondary N) is 2. The number of hydrogen-bond acceptors (Lipinski definition) is 9. The molecule has 15 nitrogen and oxygen atoms in total. The number of nitrogens with two attached hydrogens (primary N) is 2. The molecular formula is C22H36N6O9. The minimum atomic E-state index is -1.71. The van der Waals surface area contributed by atoms with Gasteiger partial charge in [0.2, 0.25) is 23.6 Å². The summed E-state index contributed by atoms with van der Waals surface area (Å²) in [4.78, 5) is 75.7. The number of hydrogen-bond donors (Lipinski definition) is 7. The Morgan fingerprint density at radius 2 is 1.73 bits per heavy atom. The van der Waals surface area contributed by atoms with Crippen LogP contribution in [0.4, 0.5) is 0 Å². The normalized spacial score (nSPS) is 22.8. The maximum atomic E-state index is 13.3. The lowest BCUT2D eigenvalue weighted by Crippen LogP contribution is -2.56. The Balaban J connectivity index is 2.01. The Bertz CT molecular complexity index is 885. The fraction of sp³-hybridized carbons (Fsp3) is 0.727. The largest absolute Gasteiger partial charge is 0.481 e. The second kappa shape index (κ2) is 13.9. The van der Waals surface area contributed by atoms with E-state index in [0.29, 0.717) is 32.2 Å². The Morgan fingerprint density at radius 1 is 1.03 bits per heavy atom.